The summed E-state index contributed by atoms with van der Waals surface area (Å²) in [5, 5.41) is 7.41. The Labute approximate surface area is 128 Å². The van der Waals surface area contributed by atoms with Crippen LogP contribution >= 0.6 is 0 Å². The second kappa shape index (κ2) is 5.65. The summed E-state index contributed by atoms with van der Waals surface area (Å²) in [6.45, 7) is 0. The number of hydrogen-bond donors (Lipinski definition) is 3. The lowest BCUT2D eigenvalue weighted by atomic mass is 9.95. The van der Waals surface area contributed by atoms with Crippen molar-refractivity contribution in [3.8, 4) is 0 Å². The van der Waals surface area contributed by atoms with Gasteiger partial charge in [0.1, 0.15) is 5.84 Å². The Hall–Kier alpha value is -3.21. The van der Waals surface area contributed by atoms with Crippen molar-refractivity contribution in [2.24, 2.45) is 21.5 Å². The van der Waals surface area contributed by atoms with E-state index in [0.717, 1.165) is 22.3 Å². The molecule has 1 aliphatic rings. The van der Waals surface area contributed by atoms with E-state index in [1.165, 1.54) is 0 Å². The fourth-order valence-electron chi connectivity index (χ4n) is 2.44. The molecule has 0 spiro atoms. The average Bonchev–Trinajstić information content (AvgIpc) is 2.84. The third-order valence-electron chi connectivity index (χ3n) is 3.31. The smallest absolute Gasteiger partial charge is 0.214 e. The molecule has 0 bridgehead atoms. The third-order valence-corrected chi connectivity index (χ3v) is 3.31. The topological polar surface area (TPSA) is 101 Å². The number of hydrogen-bond acceptors (Lipinski definition) is 2. The summed E-state index contributed by atoms with van der Waals surface area (Å²) in [6, 6.07) is 19.5. The van der Waals surface area contributed by atoms with Crippen molar-refractivity contribution in [3.05, 3.63) is 71.8 Å². The second-order valence-corrected chi connectivity index (χ2v) is 4.80. The van der Waals surface area contributed by atoms with Gasteiger partial charge in [-0.15, -0.1) is 0 Å². The average molecular weight is 289 g/mol. The number of nitrogens with two attached hydrogens (primary N) is 2. The summed E-state index contributed by atoms with van der Waals surface area (Å²) < 4.78 is 0. The first kappa shape index (κ1) is 13.8. The molecule has 1 heterocycles. The first-order chi connectivity index (χ1) is 10.7. The van der Waals surface area contributed by atoms with Crippen molar-refractivity contribution in [1.82, 2.24) is 0 Å². The lowest BCUT2D eigenvalue weighted by molar-refractivity contribution is 1.37. The SMILES string of the molecule is N=C(N)N=C1N=C(N)C(c2ccccc2)=C1c1ccccc1. The molecule has 108 valence electrons. The van der Waals surface area contributed by atoms with Crippen LogP contribution in [0.5, 0.6) is 0 Å². The van der Waals surface area contributed by atoms with E-state index < -0.39 is 0 Å². The maximum absolute atomic E-state index is 7.41. The van der Waals surface area contributed by atoms with Gasteiger partial charge < -0.3 is 11.5 Å². The summed E-state index contributed by atoms with van der Waals surface area (Å²) in [5.74, 6) is 0.453. The summed E-state index contributed by atoms with van der Waals surface area (Å²) in [6.07, 6.45) is 0. The normalized spacial score (nSPS) is 16.0. The van der Waals surface area contributed by atoms with Crippen molar-refractivity contribution < 1.29 is 0 Å². The van der Waals surface area contributed by atoms with E-state index in [0.29, 0.717) is 11.7 Å². The Kier molecular flexibility index (Phi) is 3.53. The minimum absolute atomic E-state index is 0.297. The van der Waals surface area contributed by atoms with Crippen molar-refractivity contribution in [2.75, 3.05) is 0 Å². The van der Waals surface area contributed by atoms with Crippen LogP contribution in [0.2, 0.25) is 0 Å². The molecule has 0 aliphatic carbocycles. The second-order valence-electron chi connectivity index (χ2n) is 4.80. The van der Waals surface area contributed by atoms with Gasteiger partial charge in [-0.25, -0.2) is 4.99 Å². The molecule has 5 nitrogen and oxygen atoms in total. The first-order valence-corrected chi connectivity index (χ1v) is 6.79. The molecule has 2 aromatic rings. The molecule has 0 aromatic heterocycles. The zero-order valence-electron chi connectivity index (χ0n) is 11.8. The largest absolute Gasteiger partial charge is 0.383 e. The van der Waals surface area contributed by atoms with Gasteiger partial charge in [-0.2, -0.15) is 4.99 Å². The van der Waals surface area contributed by atoms with Gasteiger partial charge in [0, 0.05) is 11.1 Å². The highest BCUT2D eigenvalue weighted by molar-refractivity contribution is 6.50. The Morgan fingerprint density at radius 3 is 1.86 bits per heavy atom. The standard InChI is InChI=1S/C17H15N5/c18-15-13(11-7-3-1-4-8-11)14(12-9-5-2-6-10-12)16(21-15)22-17(19)20/h1-10H,(H5,18,19,20,21,22). The molecule has 0 saturated carbocycles. The monoisotopic (exact) mass is 289 g/mol. The molecule has 0 saturated heterocycles. The van der Waals surface area contributed by atoms with Gasteiger partial charge in [0.15, 0.2) is 5.84 Å². The number of rotatable bonds is 2. The molecule has 5 heteroatoms. The fourth-order valence-corrected chi connectivity index (χ4v) is 2.44. The third kappa shape index (κ3) is 2.52. The Morgan fingerprint density at radius 2 is 1.36 bits per heavy atom. The van der Waals surface area contributed by atoms with E-state index in [4.69, 9.17) is 16.9 Å². The molecular formula is C17H15N5. The summed E-state index contributed by atoms with van der Waals surface area (Å²) in [4.78, 5) is 8.31. The van der Waals surface area contributed by atoms with Crippen molar-refractivity contribution >= 4 is 28.8 Å². The van der Waals surface area contributed by atoms with Gasteiger partial charge in [0.05, 0.1) is 0 Å². The van der Waals surface area contributed by atoms with Crippen molar-refractivity contribution in [1.29, 1.82) is 5.41 Å². The quantitative estimate of drug-likeness (QED) is 0.583. The minimum Gasteiger partial charge on any atom is -0.383 e. The van der Waals surface area contributed by atoms with E-state index in [2.05, 4.69) is 9.98 Å². The van der Waals surface area contributed by atoms with Gasteiger partial charge in [-0.1, -0.05) is 60.7 Å². The van der Waals surface area contributed by atoms with Gasteiger partial charge in [0.2, 0.25) is 5.96 Å². The van der Waals surface area contributed by atoms with Gasteiger partial charge in [-0.05, 0) is 11.1 Å². The van der Waals surface area contributed by atoms with Crippen LogP contribution in [0.25, 0.3) is 11.1 Å². The highest BCUT2D eigenvalue weighted by atomic mass is 15.1. The lowest BCUT2D eigenvalue weighted by Crippen LogP contribution is -2.11. The molecule has 5 N–H and O–H groups in total. The number of guanidine groups is 1. The number of nitrogens with one attached hydrogen (secondary N) is 1. The predicted octanol–water partition coefficient (Wildman–Crippen LogP) is 2.26. The molecule has 22 heavy (non-hydrogen) atoms. The van der Waals surface area contributed by atoms with Crippen LogP contribution in [0.3, 0.4) is 0 Å². The van der Waals surface area contributed by atoms with Crippen molar-refractivity contribution in [3.63, 3.8) is 0 Å². The van der Waals surface area contributed by atoms with Crippen LogP contribution in [0, 0.1) is 5.41 Å². The zero-order chi connectivity index (χ0) is 15.5. The minimum atomic E-state index is -0.297. The summed E-state index contributed by atoms with van der Waals surface area (Å²) in [7, 11) is 0. The van der Waals surface area contributed by atoms with Crippen molar-refractivity contribution in [2.45, 2.75) is 0 Å². The fraction of sp³-hybridized carbons (Fsp3) is 0. The van der Waals surface area contributed by atoms with Crippen LogP contribution in [0.4, 0.5) is 0 Å². The Morgan fingerprint density at radius 1 is 0.864 bits per heavy atom. The number of aliphatic imine (C=N–C) groups is 2. The van der Waals surface area contributed by atoms with Crippen LogP contribution in [0.15, 0.2) is 70.6 Å². The number of amidine groups is 2. The molecule has 0 fully saturated rings. The van der Waals surface area contributed by atoms with Gasteiger partial charge >= 0.3 is 0 Å². The molecule has 2 aromatic carbocycles. The maximum Gasteiger partial charge on any atom is 0.214 e. The highest BCUT2D eigenvalue weighted by Gasteiger charge is 2.25. The highest BCUT2D eigenvalue weighted by Crippen LogP contribution is 2.32. The van der Waals surface area contributed by atoms with Crippen LogP contribution in [-0.4, -0.2) is 17.6 Å². The Balaban J connectivity index is 2.27. The van der Waals surface area contributed by atoms with Crippen LogP contribution < -0.4 is 11.5 Å². The zero-order valence-corrected chi connectivity index (χ0v) is 11.8. The van der Waals surface area contributed by atoms with E-state index in [1.54, 1.807) is 0 Å². The maximum atomic E-state index is 7.41. The molecule has 0 unspecified atom stereocenters. The van der Waals surface area contributed by atoms with Crippen LogP contribution in [0.1, 0.15) is 11.1 Å². The lowest BCUT2D eigenvalue weighted by Gasteiger charge is -2.08. The molecule has 3 rings (SSSR count). The molecular weight excluding hydrogens is 274 g/mol. The van der Waals surface area contributed by atoms with E-state index in [-0.39, 0.29) is 5.96 Å². The predicted molar refractivity (Wildman–Crippen MR) is 90.7 cm³/mol. The number of nitrogens with zero attached hydrogens (tertiary/aromatic N) is 2. The Bertz CT molecular complexity index is 801. The number of benzene rings is 2. The summed E-state index contributed by atoms with van der Waals surface area (Å²) in [5.41, 5.74) is 15.0. The molecule has 0 atom stereocenters. The first-order valence-electron chi connectivity index (χ1n) is 6.79. The molecule has 0 radical (unpaired) electrons. The van der Waals surface area contributed by atoms with Crippen LogP contribution in [-0.2, 0) is 0 Å². The molecule has 0 amide bonds. The molecule has 1 aliphatic heterocycles. The van der Waals surface area contributed by atoms with E-state index in [9.17, 15) is 0 Å². The van der Waals surface area contributed by atoms with E-state index >= 15 is 0 Å². The van der Waals surface area contributed by atoms with E-state index in [1.807, 2.05) is 60.7 Å². The van der Waals surface area contributed by atoms with Gasteiger partial charge in [0.25, 0.3) is 0 Å². The summed E-state index contributed by atoms with van der Waals surface area (Å²) >= 11 is 0. The van der Waals surface area contributed by atoms with Gasteiger partial charge in [-0.3, -0.25) is 5.41 Å².